The van der Waals surface area contributed by atoms with Gasteiger partial charge in [-0.2, -0.15) is 0 Å². The second-order valence-electron chi connectivity index (χ2n) is 5.24. The van der Waals surface area contributed by atoms with Crippen LogP contribution in [0.4, 0.5) is 0 Å². The molecular formula is C17H16N2O5. The maximum Gasteiger partial charge on any atom is 0.343 e. The van der Waals surface area contributed by atoms with Crippen LogP contribution in [0.5, 0.6) is 5.75 Å². The second-order valence-corrected chi connectivity index (χ2v) is 5.24. The van der Waals surface area contributed by atoms with Gasteiger partial charge in [-0.25, -0.2) is 9.59 Å². The van der Waals surface area contributed by atoms with E-state index in [1.165, 1.54) is 0 Å². The summed E-state index contributed by atoms with van der Waals surface area (Å²) in [4.78, 5) is 28.8. The Kier molecular flexibility index (Phi) is 4.07. The lowest BCUT2D eigenvalue weighted by Crippen LogP contribution is -2.31. The zero-order valence-corrected chi connectivity index (χ0v) is 13.2. The molecule has 0 amide bonds. The number of fused-ring (bicyclic) bond motifs is 1. The molecule has 0 aliphatic carbocycles. The molecule has 1 aliphatic rings. The van der Waals surface area contributed by atoms with Crippen molar-refractivity contribution in [1.82, 2.24) is 4.98 Å². The first-order valence-electron chi connectivity index (χ1n) is 7.42. The number of hydrogen-bond acceptors (Lipinski definition) is 7. The van der Waals surface area contributed by atoms with Gasteiger partial charge in [0.15, 0.2) is 0 Å². The summed E-state index contributed by atoms with van der Waals surface area (Å²) in [5, 5.41) is 0. The van der Waals surface area contributed by atoms with Crippen molar-refractivity contribution in [3.05, 3.63) is 69.4 Å². The molecule has 0 fully saturated rings. The quantitative estimate of drug-likeness (QED) is 0.853. The molecule has 0 aromatic carbocycles. The van der Waals surface area contributed by atoms with Crippen LogP contribution in [0.3, 0.4) is 0 Å². The van der Waals surface area contributed by atoms with Crippen molar-refractivity contribution in [3.63, 3.8) is 0 Å². The Morgan fingerprint density at radius 1 is 1.38 bits per heavy atom. The van der Waals surface area contributed by atoms with E-state index in [1.807, 2.05) is 0 Å². The third-order valence-corrected chi connectivity index (χ3v) is 3.67. The molecule has 3 rings (SSSR count). The molecule has 0 saturated heterocycles. The number of carbonyl (C=O) groups excluding carboxylic acids is 1. The zero-order chi connectivity index (χ0) is 17.3. The van der Waals surface area contributed by atoms with Crippen molar-refractivity contribution in [2.75, 3.05) is 6.61 Å². The zero-order valence-electron chi connectivity index (χ0n) is 13.2. The molecule has 24 heavy (non-hydrogen) atoms. The molecule has 2 aromatic rings. The van der Waals surface area contributed by atoms with E-state index in [-0.39, 0.29) is 29.4 Å². The largest absolute Gasteiger partial charge is 0.462 e. The Morgan fingerprint density at radius 3 is 2.75 bits per heavy atom. The number of nitrogens with two attached hydrogens (primary N) is 1. The smallest absolute Gasteiger partial charge is 0.343 e. The van der Waals surface area contributed by atoms with Crippen molar-refractivity contribution in [2.45, 2.75) is 19.8 Å². The van der Waals surface area contributed by atoms with E-state index < -0.39 is 17.5 Å². The average Bonchev–Trinajstić information content (AvgIpc) is 2.54. The van der Waals surface area contributed by atoms with Crippen LogP contribution >= 0.6 is 0 Å². The van der Waals surface area contributed by atoms with Gasteiger partial charge in [0.25, 0.3) is 0 Å². The summed E-state index contributed by atoms with van der Waals surface area (Å²) >= 11 is 0. The molecule has 3 heterocycles. The number of carbonyl (C=O) groups is 1. The van der Waals surface area contributed by atoms with E-state index in [2.05, 4.69) is 4.98 Å². The monoisotopic (exact) mass is 328 g/mol. The van der Waals surface area contributed by atoms with Crippen LogP contribution in [0, 0.1) is 6.92 Å². The molecular weight excluding hydrogens is 312 g/mol. The highest BCUT2D eigenvalue weighted by molar-refractivity contribution is 5.92. The summed E-state index contributed by atoms with van der Waals surface area (Å²) in [6, 6.07) is 4.97. The van der Waals surface area contributed by atoms with Crippen LogP contribution in [-0.2, 0) is 9.53 Å². The van der Waals surface area contributed by atoms with Gasteiger partial charge < -0.3 is 19.6 Å². The molecule has 1 atom stereocenters. The molecule has 2 aromatic heterocycles. The molecule has 7 heteroatoms. The van der Waals surface area contributed by atoms with Gasteiger partial charge in [-0.1, -0.05) is 0 Å². The highest BCUT2D eigenvalue weighted by atomic mass is 16.5. The minimum Gasteiger partial charge on any atom is -0.462 e. The van der Waals surface area contributed by atoms with E-state index >= 15 is 0 Å². The number of nitrogens with zero attached hydrogens (tertiary/aromatic N) is 1. The molecule has 2 N–H and O–H groups in total. The lowest BCUT2D eigenvalue weighted by Gasteiger charge is -2.27. The lowest BCUT2D eigenvalue weighted by molar-refractivity contribution is -0.139. The van der Waals surface area contributed by atoms with E-state index in [1.54, 1.807) is 44.4 Å². The maximum absolute atomic E-state index is 12.4. The fraction of sp³-hybridized carbons (Fsp3) is 0.235. The average molecular weight is 328 g/mol. The second kappa shape index (κ2) is 6.19. The number of rotatable bonds is 3. The summed E-state index contributed by atoms with van der Waals surface area (Å²) in [6.07, 6.45) is 3.14. The van der Waals surface area contributed by atoms with Crippen LogP contribution in [0.25, 0.3) is 0 Å². The van der Waals surface area contributed by atoms with Crippen molar-refractivity contribution in [2.24, 2.45) is 5.73 Å². The first-order chi connectivity index (χ1) is 11.5. The highest BCUT2D eigenvalue weighted by Gasteiger charge is 2.38. The normalized spacial score (nSPS) is 16.3. The third-order valence-electron chi connectivity index (χ3n) is 3.67. The number of pyridine rings is 1. The fourth-order valence-corrected chi connectivity index (χ4v) is 2.71. The molecule has 7 nitrogen and oxygen atoms in total. The number of aryl methyl sites for hydroxylation is 1. The van der Waals surface area contributed by atoms with Gasteiger partial charge in [-0.3, -0.25) is 4.98 Å². The molecule has 0 bridgehead atoms. The third kappa shape index (κ3) is 2.64. The van der Waals surface area contributed by atoms with Crippen molar-refractivity contribution in [3.8, 4) is 5.75 Å². The van der Waals surface area contributed by atoms with E-state index in [9.17, 15) is 9.59 Å². The molecule has 0 saturated carbocycles. The van der Waals surface area contributed by atoms with E-state index in [0.717, 1.165) is 0 Å². The molecule has 124 valence electrons. The Bertz CT molecular complexity index is 870. The predicted octanol–water partition coefficient (Wildman–Crippen LogP) is 1.60. The first-order valence-corrected chi connectivity index (χ1v) is 7.42. The molecule has 0 spiro atoms. The van der Waals surface area contributed by atoms with Gasteiger partial charge in [0, 0.05) is 18.5 Å². The Morgan fingerprint density at radius 2 is 2.08 bits per heavy atom. The summed E-state index contributed by atoms with van der Waals surface area (Å²) in [6.45, 7) is 3.49. The SMILES string of the molecule is CCOC(=O)C1=C(N)Oc2cc(C)oc(=O)c2[C@H]1c1ccncc1. The highest BCUT2D eigenvalue weighted by Crippen LogP contribution is 2.40. The van der Waals surface area contributed by atoms with Crippen molar-refractivity contribution >= 4 is 5.97 Å². The summed E-state index contributed by atoms with van der Waals surface area (Å²) in [5.41, 5.74) is 6.33. The van der Waals surface area contributed by atoms with Crippen molar-refractivity contribution in [1.29, 1.82) is 0 Å². The van der Waals surface area contributed by atoms with Gasteiger partial charge >= 0.3 is 11.6 Å². The summed E-state index contributed by atoms with van der Waals surface area (Å²) in [7, 11) is 0. The maximum atomic E-state index is 12.4. The van der Waals surface area contributed by atoms with Gasteiger partial charge in [0.05, 0.1) is 18.1 Å². The topological polar surface area (TPSA) is 105 Å². The van der Waals surface area contributed by atoms with Gasteiger partial charge in [-0.15, -0.1) is 0 Å². The first kappa shape index (κ1) is 15.8. The number of esters is 1. The lowest BCUT2D eigenvalue weighted by atomic mass is 9.84. The molecule has 0 unspecified atom stereocenters. The number of ether oxygens (including phenoxy) is 2. The Balaban J connectivity index is 2.26. The van der Waals surface area contributed by atoms with Crippen molar-refractivity contribution < 1.29 is 18.7 Å². The standard InChI is InChI=1S/C17H16N2O5/c1-3-22-16(20)14-12(10-4-6-19-7-5-10)13-11(24-15(14)18)8-9(2)23-17(13)21/h4-8,12H,3,18H2,1-2H3/t12-/m1/s1. The van der Waals surface area contributed by atoms with Gasteiger partial charge in [0.2, 0.25) is 5.88 Å². The molecule has 1 aliphatic heterocycles. The summed E-state index contributed by atoms with van der Waals surface area (Å²) in [5.74, 6) is -0.807. The van der Waals surface area contributed by atoms with E-state index in [0.29, 0.717) is 11.3 Å². The Labute approximate surface area is 137 Å². The minimum absolute atomic E-state index is 0.0757. The van der Waals surface area contributed by atoms with Crippen LogP contribution < -0.4 is 16.1 Å². The van der Waals surface area contributed by atoms with Crippen LogP contribution in [0.1, 0.15) is 29.7 Å². The van der Waals surface area contributed by atoms with E-state index in [4.69, 9.17) is 19.6 Å². The molecule has 0 radical (unpaired) electrons. The fourth-order valence-electron chi connectivity index (χ4n) is 2.71. The van der Waals surface area contributed by atoms with Crippen LogP contribution in [0.2, 0.25) is 0 Å². The summed E-state index contributed by atoms with van der Waals surface area (Å²) < 4.78 is 15.8. The Hall–Kier alpha value is -3.09. The number of hydrogen-bond donors (Lipinski definition) is 1. The minimum atomic E-state index is -0.743. The predicted molar refractivity (Wildman–Crippen MR) is 84.3 cm³/mol. The van der Waals surface area contributed by atoms with Crippen LogP contribution in [0.15, 0.2) is 51.3 Å². The van der Waals surface area contributed by atoms with Gasteiger partial charge in [-0.05, 0) is 31.5 Å². The number of aromatic nitrogens is 1. The van der Waals surface area contributed by atoms with Crippen LogP contribution in [-0.4, -0.2) is 17.6 Å². The van der Waals surface area contributed by atoms with Gasteiger partial charge in [0.1, 0.15) is 17.1 Å².